The molecule has 1 unspecified atom stereocenters. The van der Waals surface area contributed by atoms with E-state index in [9.17, 15) is 13.2 Å². The molecule has 3 rings (SSSR count). The summed E-state index contributed by atoms with van der Waals surface area (Å²) < 4.78 is 36.7. The minimum Gasteiger partial charge on any atom is -0.484 e. The quantitative estimate of drug-likeness (QED) is 0.529. The molecule has 3 aromatic rings. The molecule has 0 saturated heterocycles. The number of hydrogen-bond acceptors (Lipinski definition) is 5. The largest absolute Gasteiger partial charge is 0.484 e. The summed E-state index contributed by atoms with van der Waals surface area (Å²) in [5.74, 6) is 1.67. The molecule has 0 bridgehead atoms. The van der Waals surface area contributed by atoms with E-state index in [2.05, 4.69) is 5.32 Å². The second-order valence-corrected chi connectivity index (χ2v) is 9.47. The van der Waals surface area contributed by atoms with Gasteiger partial charge in [-0.05, 0) is 61.0 Å². The number of benzene rings is 3. The summed E-state index contributed by atoms with van der Waals surface area (Å²) in [7, 11) is -0.521. The van der Waals surface area contributed by atoms with Crippen LogP contribution in [0.4, 0.5) is 0 Å². The van der Waals surface area contributed by atoms with Gasteiger partial charge < -0.3 is 14.8 Å². The fourth-order valence-corrected chi connectivity index (χ4v) is 3.78. The number of sulfonamides is 1. The topological polar surface area (TPSA) is 84.9 Å². The minimum atomic E-state index is -3.49. The highest BCUT2D eigenvalue weighted by atomic mass is 32.2. The van der Waals surface area contributed by atoms with Gasteiger partial charge in [-0.25, -0.2) is 12.7 Å². The van der Waals surface area contributed by atoms with E-state index in [-0.39, 0.29) is 23.5 Å². The third-order valence-corrected chi connectivity index (χ3v) is 6.54. The highest BCUT2D eigenvalue weighted by molar-refractivity contribution is 7.89. The Morgan fingerprint density at radius 1 is 0.875 bits per heavy atom. The number of amides is 1. The van der Waals surface area contributed by atoms with Crippen molar-refractivity contribution in [3.63, 3.8) is 0 Å². The van der Waals surface area contributed by atoms with Crippen molar-refractivity contribution in [1.29, 1.82) is 0 Å². The maximum atomic E-state index is 12.3. The molecule has 0 aliphatic rings. The van der Waals surface area contributed by atoms with Crippen molar-refractivity contribution in [3.8, 4) is 17.2 Å². The highest BCUT2D eigenvalue weighted by Crippen LogP contribution is 2.23. The number of nitrogens with one attached hydrogen (secondary N) is 1. The van der Waals surface area contributed by atoms with Gasteiger partial charge in [-0.2, -0.15) is 0 Å². The first-order valence-electron chi connectivity index (χ1n) is 10.0. The molecular formula is C24H26N2O5S. The first-order chi connectivity index (χ1) is 15.3. The summed E-state index contributed by atoms with van der Waals surface area (Å²) in [6.07, 6.45) is 0. The van der Waals surface area contributed by atoms with Gasteiger partial charge in [-0.1, -0.05) is 30.3 Å². The van der Waals surface area contributed by atoms with E-state index in [1.54, 1.807) is 36.4 Å². The number of ether oxygens (including phenoxy) is 2. The van der Waals surface area contributed by atoms with Gasteiger partial charge in [0.05, 0.1) is 10.9 Å². The molecule has 0 aliphatic carbocycles. The van der Waals surface area contributed by atoms with Gasteiger partial charge in [0.2, 0.25) is 10.0 Å². The Morgan fingerprint density at radius 3 is 2.03 bits per heavy atom. The van der Waals surface area contributed by atoms with Crippen molar-refractivity contribution in [1.82, 2.24) is 9.62 Å². The predicted octanol–water partition coefficient (Wildman–Crippen LogP) is 3.99. The van der Waals surface area contributed by atoms with Gasteiger partial charge in [0.1, 0.15) is 17.2 Å². The van der Waals surface area contributed by atoms with Crippen LogP contribution in [0.1, 0.15) is 18.5 Å². The zero-order valence-electron chi connectivity index (χ0n) is 18.2. The number of carbonyl (C=O) groups is 1. The zero-order valence-corrected chi connectivity index (χ0v) is 19.0. The number of carbonyl (C=O) groups excluding carboxylic acids is 1. The lowest BCUT2D eigenvalue weighted by Gasteiger charge is -2.16. The number of para-hydroxylation sites is 1. The van der Waals surface area contributed by atoms with Crippen LogP contribution in [0.15, 0.2) is 83.8 Å². The Bertz CT molecular complexity index is 1130. The molecule has 32 heavy (non-hydrogen) atoms. The highest BCUT2D eigenvalue weighted by Gasteiger charge is 2.18. The molecule has 0 aliphatic heterocycles. The number of rotatable bonds is 9. The third-order valence-electron chi connectivity index (χ3n) is 4.71. The van der Waals surface area contributed by atoms with Crippen LogP contribution in [0, 0.1) is 0 Å². The molecule has 8 heteroatoms. The van der Waals surface area contributed by atoms with Gasteiger partial charge in [0.15, 0.2) is 6.61 Å². The maximum absolute atomic E-state index is 12.3. The Morgan fingerprint density at radius 2 is 1.44 bits per heavy atom. The van der Waals surface area contributed by atoms with Crippen molar-refractivity contribution < 1.29 is 22.7 Å². The summed E-state index contributed by atoms with van der Waals surface area (Å²) in [5, 5.41) is 2.84. The fourth-order valence-electron chi connectivity index (χ4n) is 2.88. The average Bonchev–Trinajstić information content (AvgIpc) is 2.79. The Balaban J connectivity index is 1.50. The second kappa shape index (κ2) is 10.3. The van der Waals surface area contributed by atoms with Crippen LogP contribution in [-0.2, 0) is 14.8 Å². The van der Waals surface area contributed by atoms with E-state index in [1.807, 2.05) is 37.3 Å². The van der Waals surface area contributed by atoms with Gasteiger partial charge >= 0.3 is 0 Å². The normalized spacial score (nSPS) is 12.2. The zero-order chi connectivity index (χ0) is 23.1. The lowest BCUT2D eigenvalue weighted by Crippen LogP contribution is -2.31. The molecule has 1 N–H and O–H groups in total. The summed E-state index contributed by atoms with van der Waals surface area (Å²) in [6.45, 7) is 1.68. The van der Waals surface area contributed by atoms with Crippen LogP contribution in [0.2, 0.25) is 0 Å². The standard InChI is InChI=1S/C24H26N2O5S/c1-18(19-9-15-23(16-10-19)32(28,29)26(2)3)25-24(27)17-30-20-11-13-22(14-12-20)31-21-7-5-4-6-8-21/h4-16,18H,17H2,1-3H3,(H,25,27). The van der Waals surface area contributed by atoms with Crippen molar-refractivity contribution in [2.45, 2.75) is 17.9 Å². The molecule has 0 aromatic heterocycles. The number of hydrogen-bond donors (Lipinski definition) is 1. The van der Waals surface area contributed by atoms with Crippen molar-refractivity contribution in [3.05, 3.63) is 84.4 Å². The van der Waals surface area contributed by atoms with Crippen LogP contribution < -0.4 is 14.8 Å². The Kier molecular flexibility index (Phi) is 7.50. The molecule has 168 valence electrons. The lowest BCUT2D eigenvalue weighted by molar-refractivity contribution is -0.123. The van der Waals surface area contributed by atoms with E-state index in [0.717, 1.165) is 15.6 Å². The molecule has 7 nitrogen and oxygen atoms in total. The van der Waals surface area contributed by atoms with E-state index < -0.39 is 10.0 Å². The van der Waals surface area contributed by atoms with Crippen LogP contribution in [0.5, 0.6) is 17.2 Å². The van der Waals surface area contributed by atoms with Crippen molar-refractivity contribution in [2.24, 2.45) is 0 Å². The predicted molar refractivity (Wildman–Crippen MR) is 122 cm³/mol. The van der Waals surface area contributed by atoms with E-state index in [4.69, 9.17) is 9.47 Å². The van der Waals surface area contributed by atoms with E-state index in [1.165, 1.54) is 26.2 Å². The first kappa shape index (κ1) is 23.3. The minimum absolute atomic E-state index is 0.143. The van der Waals surface area contributed by atoms with Crippen LogP contribution in [0.3, 0.4) is 0 Å². The molecule has 0 saturated carbocycles. The lowest BCUT2D eigenvalue weighted by atomic mass is 10.1. The van der Waals surface area contributed by atoms with Crippen LogP contribution in [-0.4, -0.2) is 39.3 Å². The summed E-state index contributed by atoms with van der Waals surface area (Å²) in [5.41, 5.74) is 0.790. The fraction of sp³-hybridized carbons (Fsp3) is 0.208. The molecule has 1 amide bonds. The van der Waals surface area contributed by atoms with Gasteiger partial charge in [0.25, 0.3) is 5.91 Å². The van der Waals surface area contributed by atoms with E-state index in [0.29, 0.717) is 11.5 Å². The summed E-state index contributed by atoms with van der Waals surface area (Å²) in [4.78, 5) is 12.5. The van der Waals surface area contributed by atoms with E-state index >= 15 is 0 Å². The van der Waals surface area contributed by atoms with Gasteiger partial charge in [-0.3, -0.25) is 4.79 Å². The molecule has 1 atom stereocenters. The van der Waals surface area contributed by atoms with Crippen molar-refractivity contribution in [2.75, 3.05) is 20.7 Å². The molecule has 0 spiro atoms. The monoisotopic (exact) mass is 454 g/mol. The van der Waals surface area contributed by atoms with Crippen LogP contribution in [0.25, 0.3) is 0 Å². The molecule has 3 aromatic carbocycles. The van der Waals surface area contributed by atoms with Gasteiger partial charge in [0, 0.05) is 14.1 Å². The maximum Gasteiger partial charge on any atom is 0.258 e. The SMILES string of the molecule is CC(NC(=O)COc1ccc(Oc2ccccc2)cc1)c1ccc(S(=O)(=O)N(C)C)cc1. The molecule has 0 heterocycles. The number of nitrogens with zero attached hydrogens (tertiary/aromatic N) is 1. The molecular weight excluding hydrogens is 428 g/mol. The Labute approximate surface area is 188 Å². The van der Waals surface area contributed by atoms with Crippen molar-refractivity contribution >= 4 is 15.9 Å². The Hall–Kier alpha value is -3.36. The first-order valence-corrected chi connectivity index (χ1v) is 11.5. The smallest absolute Gasteiger partial charge is 0.258 e. The molecule has 0 fully saturated rings. The summed E-state index contributed by atoms with van der Waals surface area (Å²) in [6, 6.07) is 22.6. The molecule has 0 radical (unpaired) electrons. The summed E-state index contributed by atoms with van der Waals surface area (Å²) >= 11 is 0. The van der Waals surface area contributed by atoms with Gasteiger partial charge in [-0.15, -0.1) is 0 Å². The average molecular weight is 455 g/mol. The third kappa shape index (κ3) is 6.09. The second-order valence-electron chi connectivity index (χ2n) is 7.32. The van der Waals surface area contributed by atoms with Crippen LogP contribution >= 0.6 is 0 Å².